The number of piperazine rings is 1. The quantitative estimate of drug-likeness (QED) is 0.710. The molecule has 3 aliphatic heterocycles. The van der Waals surface area contributed by atoms with Gasteiger partial charge in [-0.05, 0) is 32.1 Å². The Morgan fingerprint density at radius 2 is 1.96 bits per heavy atom. The summed E-state index contributed by atoms with van der Waals surface area (Å²) in [5, 5.41) is 0. The molecule has 23 heavy (non-hydrogen) atoms. The first-order valence-corrected chi connectivity index (χ1v) is 10.2. The van der Waals surface area contributed by atoms with Crippen LogP contribution in [-0.2, 0) is 14.8 Å². The standard InChI is InChI=1S/C15H27N4O3S/c1-23(21,22)18-10-7-17(8-11-18)9-12-19-13-3-2-5-15(19,6-4-13)14(16)20/h2,13H,3-12H2,1H3,(H2,16,20)/t13-,15+/m1/s1. The summed E-state index contributed by atoms with van der Waals surface area (Å²) in [7, 11) is -3.08. The number of amides is 1. The van der Waals surface area contributed by atoms with E-state index in [1.807, 2.05) is 0 Å². The summed E-state index contributed by atoms with van der Waals surface area (Å²) < 4.78 is 24.6. The predicted molar refractivity (Wildman–Crippen MR) is 88.0 cm³/mol. The van der Waals surface area contributed by atoms with Crippen molar-refractivity contribution in [3.8, 4) is 0 Å². The molecular formula is C15H27N4O3S. The van der Waals surface area contributed by atoms with E-state index in [2.05, 4.69) is 16.2 Å². The van der Waals surface area contributed by atoms with E-state index in [-0.39, 0.29) is 5.91 Å². The van der Waals surface area contributed by atoms with Crippen molar-refractivity contribution in [1.82, 2.24) is 14.1 Å². The van der Waals surface area contributed by atoms with Crippen LogP contribution < -0.4 is 5.73 Å². The van der Waals surface area contributed by atoms with Crippen LogP contribution in [0.4, 0.5) is 0 Å². The van der Waals surface area contributed by atoms with Gasteiger partial charge in [-0.1, -0.05) is 0 Å². The minimum absolute atomic E-state index is 0.196. The number of carbonyl (C=O) groups is 1. The first-order valence-electron chi connectivity index (χ1n) is 8.39. The van der Waals surface area contributed by atoms with E-state index in [1.165, 1.54) is 10.6 Å². The van der Waals surface area contributed by atoms with Crippen LogP contribution in [0.5, 0.6) is 0 Å². The van der Waals surface area contributed by atoms with Crippen LogP contribution in [-0.4, -0.2) is 85.5 Å². The Morgan fingerprint density at radius 3 is 2.57 bits per heavy atom. The van der Waals surface area contributed by atoms with Gasteiger partial charge >= 0.3 is 0 Å². The topological polar surface area (TPSA) is 87.0 Å². The molecule has 3 aliphatic rings. The highest BCUT2D eigenvalue weighted by Gasteiger charge is 2.52. The van der Waals surface area contributed by atoms with E-state index in [0.717, 1.165) is 51.9 Å². The number of piperidine rings is 1. The molecule has 0 aromatic heterocycles. The number of nitrogens with two attached hydrogens (primary N) is 1. The summed E-state index contributed by atoms with van der Waals surface area (Å²) in [4.78, 5) is 16.6. The lowest BCUT2D eigenvalue weighted by Crippen LogP contribution is -2.60. The minimum atomic E-state index is -3.08. The largest absolute Gasteiger partial charge is 0.368 e. The van der Waals surface area contributed by atoms with Crippen molar-refractivity contribution < 1.29 is 13.2 Å². The summed E-state index contributed by atoms with van der Waals surface area (Å²) in [6.07, 6.45) is 7.19. The summed E-state index contributed by atoms with van der Waals surface area (Å²) in [5.41, 5.74) is 5.24. The van der Waals surface area contributed by atoms with Gasteiger partial charge in [-0.15, -0.1) is 0 Å². The molecule has 1 amide bonds. The van der Waals surface area contributed by atoms with Crippen molar-refractivity contribution in [2.75, 3.05) is 45.5 Å². The average molecular weight is 343 g/mol. The molecule has 7 nitrogen and oxygen atoms in total. The van der Waals surface area contributed by atoms with Crippen molar-refractivity contribution >= 4 is 15.9 Å². The third kappa shape index (κ3) is 3.26. The van der Waals surface area contributed by atoms with Gasteiger partial charge in [0.1, 0.15) is 5.54 Å². The second-order valence-electron chi connectivity index (χ2n) is 7.01. The zero-order valence-electron chi connectivity index (χ0n) is 13.8. The van der Waals surface area contributed by atoms with E-state index >= 15 is 0 Å². The molecule has 0 aromatic carbocycles. The lowest BCUT2D eigenvalue weighted by molar-refractivity contribution is -0.130. The van der Waals surface area contributed by atoms with Crippen molar-refractivity contribution in [3.63, 3.8) is 0 Å². The van der Waals surface area contributed by atoms with Crippen LogP contribution in [0.2, 0.25) is 0 Å². The predicted octanol–water partition coefficient (Wildman–Crippen LogP) is -0.750. The first kappa shape index (κ1) is 17.1. The van der Waals surface area contributed by atoms with Crippen LogP contribution in [0.1, 0.15) is 25.7 Å². The third-order valence-electron chi connectivity index (χ3n) is 5.72. The van der Waals surface area contributed by atoms with Gasteiger partial charge in [0.2, 0.25) is 15.9 Å². The summed E-state index contributed by atoms with van der Waals surface area (Å²) in [5.74, 6) is -0.196. The molecule has 1 radical (unpaired) electrons. The van der Waals surface area contributed by atoms with Gasteiger partial charge in [0.15, 0.2) is 0 Å². The zero-order chi connectivity index (χ0) is 16.7. The van der Waals surface area contributed by atoms with Gasteiger partial charge in [0.25, 0.3) is 0 Å². The fourth-order valence-electron chi connectivity index (χ4n) is 4.33. The molecule has 0 spiro atoms. The van der Waals surface area contributed by atoms with E-state index in [0.29, 0.717) is 19.1 Å². The maximum absolute atomic E-state index is 12.0. The lowest BCUT2D eigenvalue weighted by Gasteiger charge is -2.44. The molecule has 0 aliphatic carbocycles. The van der Waals surface area contributed by atoms with Crippen LogP contribution >= 0.6 is 0 Å². The number of hydrogen-bond acceptors (Lipinski definition) is 5. The Balaban J connectivity index is 1.56. The number of rotatable bonds is 5. The minimum Gasteiger partial charge on any atom is -0.368 e. The summed E-state index contributed by atoms with van der Waals surface area (Å²) in [6.45, 7) is 4.31. The molecule has 8 heteroatoms. The zero-order valence-corrected chi connectivity index (χ0v) is 14.6. The smallest absolute Gasteiger partial charge is 0.237 e. The molecule has 0 saturated carbocycles. The van der Waals surface area contributed by atoms with E-state index in [4.69, 9.17) is 5.73 Å². The van der Waals surface area contributed by atoms with Gasteiger partial charge < -0.3 is 5.73 Å². The van der Waals surface area contributed by atoms with E-state index in [1.54, 1.807) is 0 Å². The first-order chi connectivity index (χ1) is 10.8. The van der Waals surface area contributed by atoms with Crippen molar-refractivity contribution in [2.45, 2.75) is 37.3 Å². The SMILES string of the molecule is CS(=O)(=O)N1CCN(CCN2[C@@H]3C[CH]C[C@@]2(C(N)=O)CC3)CC1. The Bertz CT molecular complexity index is 555. The van der Waals surface area contributed by atoms with Crippen LogP contribution in [0, 0.1) is 6.42 Å². The monoisotopic (exact) mass is 343 g/mol. The normalized spacial score (nSPS) is 33.9. The van der Waals surface area contributed by atoms with Crippen molar-refractivity contribution in [1.29, 1.82) is 0 Å². The van der Waals surface area contributed by atoms with Crippen molar-refractivity contribution in [2.24, 2.45) is 5.73 Å². The fourth-order valence-corrected chi connectivity index (χ4v) is 5.16. The Labute approximate surface area is 138 Å². The molecule has 3 rings (SSSR count). The molecule has 3 saturated heterocycles. The maximum Gasteiger partial charge on any atom is 0.237 e. The van der Waals surface area contributed by atoms with Crippen LogP contribution in [0.15, 0.2) is 0 Å². The molecule has 0 unspecified atom stereocenters. The molecule has 2 bridgehead atoms. The fraction of sp³-hybridized carbons (Fsp3) is 0.867. The number of nitrogens with zero attached hydrogens (tertiary/aromatic N) is 3. The highest BCUT2D eigenvalue weighted by atomic mass is 32.2. The van der Waals surface area contributed by atoms with E-state index in [9.17, 15) is 13.2 Å². The number of sulfonamides is 1. The molecule has 3 fully saturated rings. The highest BCUT2D eigenvalue weighted by Crippen LogP contribution is 2.43. The van der Waals surface area contributed by atoms with Crippen molar-refractivity contribution in [3.05, 3.63) is 6.42 Å². The molecule has 2 N–H and O–H groups in total. The lowest BCUT2D eigenvalue weighted by atomic mass is 9.87. The Kier molecular flexibility index (Phi) is 4.70. The Hall–Kier alpha value is -0.700. The number of fused-ring (bicyclic) bond motifs is 2. The Morgan fingerprint density at radius 1 is 1.26 bits per heavy atom. The molecule has 0 aromatic rings. The number of carbonyl (C=O) groups excluding carboxylic acids is 1. The third-order valence-corrected chi connectivity index (χ3v) is 7.02. The molecular weight excluding hydrogens is 316 g/mol. The highest BCUT2D eigenvalue weighted by molar-refractivity contribution is 7.88. The second-order valence-corrected chi connectivity index (χ2v) is 9.00. The second kappa shape index (κ2) is 6.31. The molecule has 2 atom stereocenters. The van der Waals surface area contributed by atoms with Gasteiger partial charge in [-0.2, -0.15) is 4.31 Å². The van der Waals surface area contributed by atoms with Gasteiger partial charge in [-0.25, -0.2) is 8.42 Å². The van der Waals surface area contributed by atoms with E-state index < -0.39 is 15.6 Å². The van der Waals surface area contributed by atoms with Gasteiger partial charge in [0.05, 0.1) is 6.26 Å². The number of hydrogen-bond donors (Lipinski definition) is 1. The summed E-state index contributed by atoms with van der Waals surface area (Å²) >= 11 is 0. The average Bonchev–Trinajstić information content (AvgIpc) is 2.70. The van der Waals surface area contributed by atoms with Crippen LogP contribution in [0.3, 0.4) is 0 Å². The van der Waals surface area contributed by atoms with Gasteiger partial charge in [0, 0.05) is 45.3 Å². The molecule has 131 valence electrons. The summed E-state index contributed by atoms with van der Waals surface area (Å²) in [6, 6.07) is 0.438. The van der Waals surface area contributed by atoms with Crippen LogP contribution in [0.25, 0.3) is 0 Å². The molecule has 3 heterocycles. The maximum atomic E-state index is 12.0. The number of primary amides is 1. The van der Waals surface area contributed by atoms with Gasteiger partial charge in [-0.3, -0.25) is 14.6 Å².